The quantitative estimate of drug-likeness (QED) is 0.128. The second kappa shape index (κ2) is 23.2. The number of hydrogen-bond donors (Lipinski definition) is 0. The van der Waals surface area contributed by atoms with E-state index in [0.29, 0.717) is 11.4 Å². The number of halogens is 3. The zero-order valence-electron chi connectivity index (χ0n) is 50.0. The fourth-order valence-corrected chi connectivity index (χ4v) is 12.9. The molecule has 0 atom stereocenters. The first kappa shape index (κ1) is 56.4. The molecule has 0 unspecified atom stereocenters. The predicted octanol–water partition coefficient (Wildman–Crippen LogP) is 21.2. The maximum atomic E-state index is 14.9. The zero-order valence-corrected chi connectivity index (χ0v) is 50.0. The van der Waals surface area contributed by atoms with E-state index in [4.69, 9.17) is 19.9 Å². The van der Waals surface area contributed by atoms with Crippen LogP contribution in [0.25, 0.3) is 156 Å². The summed E-state index contributed by atoms with van der Waals surface area (Å²) in [6, 6.07) is 94.9. The van der Waals surface area contributed by atoms with Crippen LogP contribution in [-0.2, 0) is 6.18 Å². The second-order valence-corrected chi connectivity index (χ2v) is 23.2. The van der Waals surface area contributed by atoms with E-state index < -0.39 is 11.7 Å². The van der Waals surface area contributed by atoms with E-state index in [2.05, 4.69) is 106 Å². The van der Waals surface area contributed by atoms with E-state index in [0.717, 1.165) is 145 Å². The summed E-state index contributed by atoms with van der Waals surface area (Å²) >= 11 is 0. The van der Waals surface area contributed by atoms with Crippen molar-refractivity contribution in [3.05, 3.63) is 314 Å². The molecule has 16 rings (SSSR count). The van der Waals surface area contributed by atoms with Crippen LogP contribution < -0.4 is 0 Å². The third kappa shape index (κ3) is 10.3. The Kier molecular flexibility index (Phi) is 13.9. The minimum Gasteiger partial charge on any atom is -0.307 e. The van der Waals surface area contributed by atoms with Gasteiger partial charge in [-0.3, -0.25) is 15.0 Å². The van der Waals surface area contributed by atoms with Crippen molar-refractivity contribution >= 4 is 43.6 Å². The Morgan fingerprint density at radius 3 is 1.05 bits per heavy atom. The molecule has 0 fully saturated rings. The van der Waals surface area contributed by atoms with Crippen molar-refractivity contribution in [2.24, 2.45) is 0 Å². The Labute approximate surface area is 538 Å². The summed E-state index contributed by atoms with van der Waals surface area (Å²) in [6.45, 7) is 0. The standard InChI is InChI=1S/C83H49F3N8/c84-83(85,86)66-39-52(47-87)38-64(40-66)67-46-82(94-78-35-28-57(61-24-31-72(89-49-61)53-14-5-1-6-15-53)41-68(78)69-42-58(29-36-79(69)94)62-25-32-73(90-50-62)54-16-7-2-8-17-54)81(45-65(67)48-88)93-77-34-27-59(63-26-33-74(91-51-63)55-18-9-3-10-19-55)43-70(77)71-44-60(30-37-80(71)93)76-23-13-22-75(92-76)56-20-11-4-12-21-56/h1-46,49-51H. The van der Waals surface area contributed by atoms with Crippen molar-refractivity contribution in [1.29, 1.82) is 10.5 Å². The van der Waals surface area contributed by atoms with Crippen LogP contribution in [0.15, 0.2) is 298 Å². The van der Waals surface area contributed by atoms with Gasteiger partial charge < -0.3 is 9.13 Å². The van der Waals surface area contributed by atoms with Crippen molar-refractivity contribution in [2.45, 2.75) is 6.18 Å². The Bertz CT molecular complexity index is 5560. The lowest BCUT2D eigenvalue weighted by molar-refractivity contribution is -0.137. The molecule has 16 aromatic rings. The van der Waals surface area contributed by atoms with Crippen LogP contribution in [-0.4, -0.2) is 29.1 Å². The average Bonchev–Trinajstić information content (AvgIpc) is 1.55. The molecule has 0 N–H and O–H groups in total. The monoisotopic (exact) mass is 1210 g/mol. The van der Waals surface area contributed by atoms with E-state index in [-0.39, 0.29) is 22.3 Å². The number of alkyl halides is 3. The van der Waals surface area contributed by atoms with Gasteiger partial charge in [0.1, 0.15) is 0 Å². The lowest BCUT2D eigenvalue weighted by atomic mass is 9.94. The minimum atomic E-state index is -4.80. The molecule has 0 radical (unpaired) electrons. The van der Waals surface area contributed by atoms with Crippen LogP contribution in [0, 0.1) is 22.7 Å². The predicted molar refractivity (Wildman–Crippen MR) is 370 cm³/mol. The Hall–Kier alpha value is -12.8. The van der Waals surface area contributed by atoms with Gasteiger partial charge in [-0.25, -0.2) is 4.98 Å². The molecule has 442 valence electrons. The lowest BCUT2D eigenvalue weighted by Crippen LogP contribution is -2.07. The van der Waals surface area contributed by atoms with Gasteiger partial charge in [0.05, 0.1) is 90.7 Å². The normalized spacial score (nSPS) is 11.5. The van der Waals surface area contributed by atoms with Crippen molar-refractivity contribution in [2.75, 3.05) is 0 Å². The first-order valence-electron chi connectivity index (χ1n) is 30.6. The van der Waals surface area contributed by atoms with Gasteiger partial charge in [0, 0.05) is 90.2 Å². The topological polar surface area (TPSA) is 109 Å². The largest absolute Gasteiger partial charge is 0.416 e. The number of hydrogen-bond acceptors (Lipinski definition) is 6. The third-order valence-electron chi connectivity index (χ3n) is 17.6. The highest BCUT2D eigenvalue weighted by Crippen LogP contribution is 2.45. The highest BCUT2D eigenvalue weighted by molar-refractivity contribution is 6.14. The summed E-state index contributed by atoms with van der Waals surface area (Å²) in [7, 11) is 0. The SMILES string of the molecule is N#Cc1cc(-c2cc(-n3c4ccc(-c5ccc(-c6ccccc6)nc5)cc4c4cc(-c5ccc(-c6ccccc6)nc5)ccc43)c(-n3c4ccc(-c5ccc(-c6ccccc6)nc5)cc4c4cc(-c5cccc(-c6ccccc6)n5)ccc43)cc2C#N)cc(C(F)(F)F)c1. The van der Waals surface area contributed by atoms with Crippen molar-refractivity contribution in [1.82, 2.24) is 29.1 Å². The minimum absolute atomic E-state index is 0.0626. The maximum Gasteiger partial charge on any atom is 0.416 e. The highest BCUT2D eigenvalue weighted by atomic mass is 19.4. The molecule has 0 spiro atoms. The average molecular weight is 1220 g/mol. The van der Waals surface area contributed by atoms with E-state index in [1.165, 1.54) is 6.07 Å². The first-order chi connectivity index (χ1) is 46.1. The smallest absolute Gasteiger partial charge is 0.307 e. The van der Waals surface area contributed by atoms with Gasteiger partial charge in [0.15, 0.2) is 0 Å². The fraction of sp³-hybridized carbons (Fsp3) is 0.0120. The molecule has 0 aliphatic heterocycles. The maximum absolute atomic E-state index is 14.9. The molecule has 0 amide bonds. The molecule has 10 aromatic carbocycles. The van der Waals surface area contributed by atoms with Crippen molar-refractivity contribution in [3.8, 4) is 124 Å². The Morgan fingerprint density at radius 1 is 0.298 bits per heavy atom. The van der Waals surface area contributed by atoms with Crippen LogP contribution in [0.3, 0.4) is 0 Å². The number of rotatable bonds is 11. The van der Waals surface area contributed by atoms with Gasteiger partial charge in [0.25, 0.3) is 0 Å². The van der Waals surface area contributed by atoms with Gasteiger partial charge in [-0.15, -0.1) is 0 Å². The number of aromatic nitrogens is 6. The fourth-order valence-electron chi connectivity index (χ4n) is 12.9. The lowest BCUT2D eigenvalue weighted by Gasteiger charge is -2.20. The Balaban J connectivity index is 0.963. The zero-order chi connectivity index (χ0) is 63.4. The summed E-state index contributed by atoms with van der Waals surface area (Å²) in [6.07, 6.45) is 0.859. The molecule has 0 saturated carbocycles. The summed E-state index contributed by atoms with van der Waals surface area (Å²) in [4.78, 5) is 20.0. The molecule has 0 aliphatic carbocycles. The van der Waals surface area contributed by atoms with Crippen molar-refractivity contribution in [3.63, 3.8) is 0 Å². The molecule has 11 heteroatoms. The van der Waals surface area contributed by atoms with Gasteiger partial charge >= 0.3 is 6.18 Å². The molecular weight excluding hydrogens is 1170 g/mol. The van der Waals surface area contributed by atoms with Crippen LogP contribution in [0.2, 0.25) is 0 Å². The summed E-state index contributed by atoms with van der Waals surface area (Å²) in [5, 5.41) is 25.3. The van der Waals surface area contributed by atoms with E-state index in [1.54, 1.807) is 6.07 Å². The first-order valence-corrected chi connectivity index (χ1v) is 30.6. The van der Waals surface area contributed by atoms with E-state index in [9.17, 15) is 23.7 Å². The summed E-state index contributed by atoms with van der Waals surface area (Å²) < 4.78 is 49.1. The highest BCUT2D eigenvalue weighted by Gasteiger charge is 2.32. The second-order valence-electron chi connectivity index (χ2n) is 23.2. The van der Waals surface area contributed by atoms with Gasteiger partial charge in [-0.2, -0.15) is 23.7 Å². The summed E-state index contributed by atoms with van der Waals surface area (Å²) in [5.74, 6) is 0. The van der Waals surface area contributed by atoms with Crippen LogP contribution >= 0.6 is 0 Å². The molecule has 6 heterocycles. The number of nitriles is 2. The van der Waals surface area contributed by atoms with Crippen LogP contribution in [0.4, 0.5) is 13.2 Å². The molecule has 0 saturated heterocycles. The van der Waals surface area contributed by atoms with Crippen LogP contribution in [0.5, 0.6) is 0 Å². The molecule has 0 aliphatic rings. The number of fused-ring (bicyclic) bond motifs is 6. The molecule has 6 aromatic heterocycles. The number of nitrogens with zero attached hydrogens (tertiary/aromatic N) is 8. The van der Waals surface area contributed by atoms with Gasteiger partial charge in [0.2, 0.25) is 0 Å². The van der Waals surface area contributed by atoms with E-state index in [1.807, 2.05) is 188 Å². The molecule has 8 nitrogen and oxygen atoms in total. The van der Waals surface area contributed by atoms with Crippen molar-refractivity contribution < 1.29 is 13.2 Å². The number of benzene rings is 10. The summed E-state index contributed by atoms with van der Waals surface area (Å²) in [5.41, 5.74) is 17.8. The van der Waals surface area contributed by atoms with Crippen LogP contribution in [0.1, 0.15) is 16.7 Å². The van der Waals surface area contributed by atoms with Gasteiger partial charge in [-0.1, -0.05) is 170 Å². The Morgan fingerprint density at radius 2 is 0.670 bits per heavy atom. The van der Waals surface area contributed by atoms with Gasteiger partial charge in [-0.05, 0) is 131 Å². The third-order valence-corrected chi connectivity index (χ3v) is 17.6. The molecular formula is C83H49F3N8. The molecule has 94 heavy (non-hydrogen) atoms. The van der Waals surface area contributed by atoms with E-state index >= 15 is 0 Å². The molecule has 0 bridgehead atoms. The number of pyridine rings is 4.